The van der Waals surface area contributed by atoms with E-state index in [-0.39, 0.29) is 30.3 Å². The van der Waals surface area contributed by atoms with Gasteiger partial charge in [0, 0.05) is 13.1 Å². The Balaban J connectivity index is 0. The summed E-state index contributed by atoms with van der Waals surface area (Å²) in [5, 5.41) is -0.712. The lowest BCUT2D eigenvalue weighted by molar-refractivity contribution is 0.591. The van der Waals surface area contributed by atoms with Gasteiger partial charge >= 0.3 is 0 Å². The Morgan fingerprint density at radius 1 is 1.05 bits per heavy atom. The normalized spacial score (nSPS) is 12.5. The van der Waals surface area contributed by atoms with Crippen molar-refractivity contribution in [1.29, 1.82) is 0 Å². The van der Waals surface area contributed by atoms with Gasteiger partial charge in [-0.3, -0.25) is 0 Å². The number of nitrogens with two attached hydrogens (primary N) is 2. The number of hydrogen-bond acceptors (Lipinski definition) is 6. The van der Waals surface area contributed by atoms with E-state index in [2.05, 4.69) is 5.92 Å². The van der Waals surface area contributed by atoms with Gasteiger partial charge in [0.2, 0.25) is 0 Å². The van der Waals surface area contributed by atoms with Crippen LogP contribution in [0.3, 0.4) is 0 Å². The molecular weight excluding hydrogens is 288 g/mol. The molecule has 110 valence electrons. The fourth-order valence-electron chi connectivity index (χ4n) is 0.823. The maximum Gasteiger partial charge on any atom is 0.165 e. The Hall–Kier alpha value is -1.06. The summed E-state index contributed by atoms with van der Waals surface area (Å²) in [6.45, 7) is 1.75. The first-order valence-electron chi connectivity index (χ1n) is 5.38. The third kappa shape index (κ3) is 10.5. The molecule has 0 aromatic rings. The molecule has 0 bridgehead atoms. The van der Waals surface area contributed by atoms with Crippen molar-refractivity contribution in [2.45, 2.75) is 12.2 Å². The van der Waals surface area contributed by atoms with Crippen LogP contribution in [-0.2, 0) is 19.7 Å². The molecule has 0 aliphatic rings. The lowest BCUT2D eigenvalue weighted by atomic mass is 10.5. The molecule has 0 amide bonds. The van der Waals surface area contributed by atoms with Crippen LogP contribution in [0.1, 0.15) is 6.92 Å². The van der Waals surface area contributed by atoms with Crippen molar-refractivity contribution in [1.82, 2.24) is 0 Å². The average Bonchev–Trinajstić information content (AvgIpc) is 2.28. The van der Waals surface area contributed by atoms with Gasteiger partial charge < -0.3 is 11.5 Å². The lowest BCUT2D eigenvalue weighted by Crippen LogP contribution is -2.24. The highest BCUT2D eigenvalue weighted by molar-refractivity contribution is 7.92. The molecule has 0 saturated heterocycles. The second-order valence-corrected chi connectivity index (χ2v) is 8.17. The number of rotatable bonds is 6. The van der Waals surface area contributed by atoms with Crippen LogP contribution in [0.15, 0.2) is 0 Å². The smallest absolute Gasteiger partial charge is 0.165 e. The van der Waals surface area contributed by atoms with Gasteiger partial charge in [-0.2, -0.15) is 0 Å². The molecule has 1 unspecified atom stereocenters. The van der Waals surface area contributed by atoms with Gasteiger partial charge in [0.05, 0.1) is 11.5 Å². The Morgan fingerprint density at radius 3 is 1.84 bits per heavy atom. The van der Waals surface area contributed by atoms with E-state index < -0.39 is 24.9 Å². The first-order valence-corrected chi connectivity index (χ1v) is 8.92. The van der Waals surface area contributed by atoms with E-state index in [0.29, 0.717) is 0 Å². The summed E-state index contributed by atoms with van der Waals surface area (Å²) >= 11 is 0. The average molecular weight is 308 g/mol. The zero-order valence-corrected chi connectivity index (χ0v) is 12.5. The van der Waals surface area contributed by atoms with Gasteiger partial charge in [-0.15, -0.1) is 12.8 Å². The molecule has 0 aliphatic carbocycles. The van der Waals surface area contributed by atoms with Crippen molar-refractivity contribution in [3.63, 3.8) is 0 Å². The van der Waals surface area contributed by atoms with E-state index in [4.69, 9.17) is 24.3 Å². The van der Waals surface area contributed by atoms with Crippen LogP contribution in [0.2, 0.25) is 0 Å². The van der Waals surface area contributed by atoms with E-state index in [0.717, 1.165) is 0 Å². The van der Waals surface area contributed by atoms with Crippen LogP contribution >= 0.6 is 0 Å². The third-order valence-corrected chi connectivity index (χ3v) is 5.39. The zero-order chi connectivity index (χ0) is 15.5. The van der Waals surface area contributed by atoms with Crippen molar-refractivity contribution < 1.29 is 16.8 Å². The molecule has 0 aromatic carbocycles. The molecule has 6 nitrogen and oxygen atoms in total. The molecule has 8 heteroatoms. The maximum absolute atomic E-state index is 10.9. The molecule has 0 heterocycles. The van der Waals surface area contributed by atoms with Gasteiger partial charge in [-0.05, 0) is 6.92 Å². The molecule has 0 radical (unpaired) electrons. The van der Waals surface area contributed by atoms with E-state index in [1.807, 2.05) is 5.92 Å². The van der Waals surface area contributed by atoms with E-state index >= 15 is 0 Å². The van der Waals surface area contributed by atoms with E-state index in [1.165, 1.54) is 6.92 Å². The largest absolute Gasteiger partial charge is 0.329 e. The summed E-state index contributed by atoms with van der Waals surface area (Å²) in [6, 6.07) is 0. The minimum absolute atomic E-state index is 0.0167. The molecule has 0 aliphatic heterocycles. The summed E-state index contributed by atoms with van der Waals surface area (Å²) in [5.41, 5.74) is 10.1. The molecule has 4 N–H and O–H groups in total. The molecule has 0 rings (SSSR count). The Morgan fingerprint density at radius 2 is 1.53 bits per heavy atom. The summed E-state index contributed by atoms with van der Waals surface area (Å²) in [5.74, 6) is 3.95. The fraction of sp³-hybridized carbons (Fsp3) is 0.636. The summed E-state index contributed by atoms with van der Waals surface area (Å²) in [7, 11) is -6.16. The van der Waals surface area contributed by atoms with Crippen LogP contribution in [0.5, 0.6) is 0 Å². The molecule has 19 heavy (non-hydrogen) atoms. The summed E-state index contributed by atoms with van der Waals surface area (Å²) in [6.07, 6.45) is 9.69. The predicted octanol–water partition coefficient (Wildman–Crippen LogP) is -1.63. The molecule has 0 saturated carbocycles. The van der Waals surface area contributed by atoms with Crippen LogP contribution in [0, 0.1) is 24.7 Å². The van der Waals surface area contributed by atoms with Crippen LogP contribution in [0.25, 0.3) is 0 Å². The Kier molecular flexibility index (Phi) is 10.5. The summed E-state index contributed by atoms with van der Waals surface area (Å²) < 4.78 is 43.1. The van der Waals surface area contributed by atoms with E-state index in [1.54, 1.807) is 0 Å². The standard InChI is InChI=1S/C6H11NO2S.C5H9NO2S/c1-3-6(2)10(8,9)5-4-7;1-2-4-9(7,8)5-3-6/h1,6H,4-5,7H2,2H3;1H,3-6H2. The van der Waals surface area contributed by atoms with Crippen LogP contribution in [0.4, 0.5) is 0 Å². The molecular formula is C11H20N2O4S2. The van der Waals surface area contributed by atoms with Crippen molar-refractivity contribution in [2.75, 3.05) is 30.3 Å². The Bertz CT molecular complexity index is 524. The minimum atomic E-state index is -3.12. The molecule has 0 aromatic heterocycles. The van der Waals surface area contributed by atoms with Crippen molar-refractivity contribution >= 4 is 19.7 Å². The first-order chi connectivity index (χ1) is 8.66. The SMILES string of the molecule is C#CC(C)S(=O)(=O)CCN.C#CCS(=O)(=O)CCN. The zero-order valence-electron chi connectivity index (χ0n) is 10.9. The van der Waals surface area contributed by atoms with Gasteiger partial charge in [-0.25, -0.2) is 16.8 Å². The second kappa shape index (κ2) is 9.82. The first kappa shape index (κ1) is 20.3. The van der Waals surface area contributed by atoms with Gasteiger partial charge in [0.1, 0.15) is 11.0 Å². The predicted molar refractivity (Wildman–Crippen MR) is 77.7 cm³/mol. The third-order valence-electron chi connectivity index (χ3n) is 1.91. The number of sulfone groups is 2. The van der Waals surface area contributed by atoms with Crippen molar-refractivity contribution in [3.05, 3.63) is 0 Å². The quantitative estimate of drug-likeness (QED) is 0.569. The Labute approximate surface area is 115 Å². The van der Waals surface area contributed by atoms with Gasteiger partial charge in [0.25, 0.3) is 0 Å². The molecule has 0 spiro atoms. The number of terminal acetylenes is 2. The van der Waals surface area contributed by atoms with Crippen molar-refractivity contribution in [2.24, 2.45) is 11.5 Å². The lowest BCUT2D eigenvalue weighted by Gasteiger charge is -2.03. The maximum atomic E-state index is 10.9. The summed E-state index contributed by atoms with van der Waals surface area (Å²) in [4.78, 5) is 0. The monoisotopic (exact) mass is 308 g/mol. The molecule has 0 fully saturated rings. The fourth-order valence-corrected chi connectivity index (χ4v) is 2.47. The topological polar surface area (TPSA) is 120 Å². The molecule has 1 atom stereocenters. The highest BCUT2D eigenvalue weighted by atomic mass is 32.2. The van der Waals surface area contributed by atoms with E-state index in [9.17, 15) is 16.8 Å². The highest BCUT2D eigenvalue weighted by Crippen LogP contribution is 1.98. The van der Waals surface area contributed by atoms with Crippen molar-refractivity contribution in [3.8, 4) is 24.7 Å². The van der Waals surface area contributed by atoms with Crippen LogP contribution in [-0.4, -0.2) is 52.4 Å². The van der Waals surface area contributed by atoms with Gasteiger partial charge in [-0.1, -0.05) is 11.8 Å². The van der Waals surface area contributed by atoms with Gasteiger partial charge in [0.15, 0.2) is 19.7 Å². The van der Waals surface area contributed by atoms with Crippen LogP contribution < -0.4 is 11.5 Å². The second-order valence-electron chi connectivity index (χ2n) is 3.55. The highest BCUT2D eigenvalue weighted by Gasteiger charge is 2.16. The minimum Gasteiger partial charge on any atom is -0.329 e. The number of hydrogen-bond donors (Lipinski definition) is 2.